The molecule has 0 unspecified atom stereocenters. The summed E-state index contributed by atoms with van der Waals surface area (Å²) in [5.74, 6) is 0.787. The molecular weight excluding hydrogens is 210 g/mol. The second kappa shape index (κ2) is 4.11. The second-order valence-electron chi connectivity index (χ2n) is 5.77. The van der Waals surface area contributed by atoms with Gasteiger partial charge >= 0.3 is 0 Å². The van der Waals surface area contributed by atoms with Crippen molar-refractivity contribution in [2.45, 2.75) is 50.3 Å². The summed E-state index contributed by atoms with van der Waals surface area (Å²) in [5.41, 5.74) is 0.281. The third-order valence-corrected chi connectivity index (χ3v) is 4.65. The first-order valence-electron chi connectivity index (χ1n) is 6.72. The van der Waals surface area contributed by atoms with Gasteiger partial charge in [0, 0.05) is 12.1 Å². The summed E-state index contributed by atoms with van der Waals surface area (Å²) in [6, 6.07) is 10.9. The zero-order valence-corrected chi connectivity index (χ0v) is 10.4. The summed E-state index contributed by atoms with van der Waals surface area (Å²) in [6.07, 6.45) is 5.08. The van der Waals surface area contributed by atoms with E-state index in [0.29, 0.717) is 6.04 Å². The Morgan fingerprint density at radius 2 is 2.00 bits per heavy atom. The topological polar surface area (TPSA) is 32.3 Å². The highest BCUT2D eigenvalue weighted by Gasteiger charge is 2.44. The summed E-state index contributed by atoms with van der Waals surface area (Å²) < 4.78 is 0. The van der Waals surface area contributed by atoms with Crippen LogP contribution in [0.15, 0.2) is 30.3 Å². The molecule has 2 aliphatic rings. The van der Waals surface area contributed by atoms with Gasteiger partial charge in [0.15, 0.2) is 0 Å². The lowest BCUT2D eigenvalue weighted by molar-refractivity contribution is 0.0188. The van der Waals surface area contributed by atoms with E-state index in [4.69, 9.17) is 0 Å². The summed E-state index contributed by atoms with van der Waals surface area (Å²) >= 11 is 0. The zero-order chi connectivity index (χ0) is 11.9. The molecule has 1 aliphatic carbocycles. The first-order chi connectivity index (χ1) is 8.18. The monoisotopic (exact) mass is 231 g/mol. The van der Waals surface area contributed by atoms with E-state index in [0.717, 1.165) is 17.9 Å². The van der Waals surface area contributed by atoms with Crippen molar-refractivity contribution in [3.8, 4) is 0 Å². The highest BCUT2D eigenvalue weighted by atomic mass is 16.3. The Hall–Kier alpha value is -0.860. The highest BCUT2D eigenvalue weighted by Crippen LogP contribution is 2.40. The minimum Gasteiger partial charge on any atom is -0.384 e. The Kier molecular flexibility index (Phi) is 2.72. The first kappa shape index (κ1) is 11.2. The molecule has 2 N–H and O–H groups in total. The number of fused-ring (bicyclic) bond motifs is 1. The van der Waals surface area contributed by atoms with E-state index in [1.165, 1.54) is 19.3 Å². The van der Waals surface area contributed by atoms with Crippen LogP contribution in [-0.4, -0.2) is 17.2 Å². The van der Waals surface area contributed by atoms with Crippen LogP contribution in [0.1, 0.15) is 38.2 Å². The van der Waals surface area contributed by atoms with Crippen molar-refractivity contribution in [3.63, 3.8) is 0 Å². The largest absolute Gasteiger partial charge is 0.384 e. The fraction of sp³-hybridized carbons (Fsp3) is 0.600. The second-order valence-corrected chi connectivity index (χ2v) is 5.77. The van der Waals surface area contributed by atoms with E-state index in [-0.39, 0.29) is 6.04 Å². The van der Waals surface area contributed by atoms with Crippen LogP contribution in [0.5, 0.6) is 0 Å². The third-order valence-electron chi connectivity index (χ3n) is 4.65. The van der Waals surface area contributed by atoms with E-state index in [1.807, 2.05) is 37.3 Å². The molecule has 0 amide bonds. The van der Waals surface area contributed by atoms with E-state index < -0.39 is 5.60 Å². The van der Waals surface area contributed by atoms with E-state index >= 15 is 0 Å². The normalized spacial score (nSPS) is 35.5. The lowest BCUT2D eigenvalue weighted by atomic mass is 9.85. The molecule has 1 saturated heterocycles. The summed E-state index contributed by atoms with van der Waals surface area (Å²) in [7, 11) is 0. The fourth-order valence-electron chi connectivity index (χ4n) is 3.54. The number of nitrogens with one attached hydrogen (secondary N) is 1. The van der Waals surface area contributed by atoms with Crippen molar-refractivity contribution in [2.24, 2.45) is 5.92 Å². The van der Waals surface area contributed by atoms with Gasteiger partial charge in [0.2, 0.25) is 0 Å². The van der Waals surface area contributed by atoms with Crippen LogP contribution in [0.2, 0.25) is 0 Å². The number of rotatable bonds is 2. The fourth-order valence-corrected chi connectivity index (χ4v) is 3.54. The Bertz CT molecular complexity index is 375. The minimum atomic E-state index is -0.744. The average Bonchev–Trinajstić information content (AvgIpc) is 2.90. The number of hydrogen-bond donors (Lipinski definition) is 2. The molecule has 1 aromatic carbocycles. The lowest BCUT2D eigenvalue weighted by Crippen LogP contribution is -2.45. The smallest absolute Gasteiger partial charge is 0.102 e. The zero-order valence-electron chi connectivity index (χ0n) is 10.4. The van der Waals surface area contributed by atoms with Gasteiger partial charge in [-0.15, -0.1) is 0 Å². The van der Waals surface area contributed by atoms with Crippen LogP contribution in [0.3, 0.4) is 0 Å². The van der Waals surface area contributed by atoms with Crippen molar-refractivity contribution in [2.75, 3.05) is 0 Å². The number of aliphatic hydroxyl groups is 1. The maximum Gasteiger partial charge on any atom is 0.102 e. The summed E-state index contributed by atoms with van der Waals surface area (Å²) in [5, 5.41) is 14.4. The van der Waals surface area contributed by atoms with Gasteiger partial charge in [-0.25, -0.2) is 0 Å². The molecule has 1 heterocycles. The van der Waals surface area contributed by atoms with Gasteiger partial charge in [-0.3, -0.25) is 0 Å². The van der Waals surface area contributed by atoms with Crippen LogP contribution in [0.25, 0.3) is 0 Å². The molecule has 0 radical (unpaired) electrons. The van der Waals surface area contributed by atoms with E-state index in [1.54, 1.807) is 0 Å². The predicted octanol–water partition coefficient (Wildman–Crippen LogP) is 2.42. The van der Waals surface area contributed by atoms with Crippen molar-refractivity contribution in [3.05, 3.63) is 35.9 Å². The average molecular weight is 231 g/mol. The molecule has 1 aromatic rings. The first-order valence-corrected chi connectivity index (χ1v) is 6.72. The summed E-state index contributed by atoms with van der Waals surface area (Å²) in [6.45, 7) is 1.95. The van der Waals surface area contributed by atoms with E-state index in [2.05, 4.69) is 5.32 Å². The quantitative estimate of drug-likeness (QED) is 0.819. The maximum absolute atomic E-state index is 10.8. The number of hydrogen-bond acceptors (Lipinski definition) is 2. The molecule has 17 heavy (non-hydrogen) atoms. The van der Waals surface area contributed by atoms with Gasteiger partial charge < -0.3 is 10.4 Å². The number of benzene rings is 1. The van der Waals surface area contributed by atoms with Gasteiger partial charge in [0.05, 0.1) is 0 Å². The molecule has 1 saturated carbocycles. The SMILES string of the molecule is C[C@@](O)(c1ccccc1)[C@@H]1C[C@@H]2CCC[C@@H]2N1. The Labute approximate surface area is 103 Å². The van der Waals surface area contributed by atoms with Crippen molar-refractivity contribution < 1.29 is 5.11 Å². The van der Waals surface area contributed by atoms with Crippen LogP contribution >= 0.6 is 0 Å². The van der Waals surface area contributed by atoms with Crippen molar-refractivity contribution in [1.29, 1.82) is 0 Å². The van der Waals surface area contributed by atoms with Crippen LogP contribution in [0.4, 0.5) is 0 Å². The van der Waals surface area contributed by atoms with Gasteiger partial charge in [-0.05, 0) is 37.7 Å². The molecule has 0 aromatic heterocycles. The van der Waals surface area contributed by atoms with Gasteiger partial charge in [-0.1, -0.05) is 36.8 Å². The van der Waals surface area contributed by atoms with Crippen LogP contribution in [0, 0.1) is 5.92 Å². The summed E-state index contributed by atoms with van der Waals surface area (Å²) in [4.78, 5) is 0. The molecule has 1 aliphatic heterocycles. The molecule has 92 valence electrons. The Morgan fingerprint density at radius 3 is 2.71 bits per heavy atom. The highest BCUT2D eigenvalue weighted by molar-refractivity contribution is 5.24. The standard InChI is InChI=1S/C15H21NO/c1-15(17,12-7-3-2-4-8-12)14-10-11-6-5-9-13(11)16-14/h2-4,7-8,11,13-14,16-17H,5-6,9-10H2,1H3/t11-,13-,14-,15+/m0/s1. The van der Waals surface area contributed by atoms with Crippen molar-refractivity contribution in [1.82, 2.24) is 5.32 Å². The molecular formula is C15H21NO. The van der Waals surface area contributed by atoms with Gasteiger partial charge in [-0.2, -0.15) is 0 Å². The van der Waals surface area contributed by atoms with Crippen LogP contribution < -0.4 is 5.32 Å². The molecule has 0 spiro atoms. The lowest BCUT2D eigenvalue weighted by Gasteiger charge is -2.31. The minimum absolute atomic E-state index is 0.209. The maximum atomic E-state index is 10.8. The van der Waals surface area contributed by atoms with E-state index in [9.17, 15) is 5.11 Å². The van der Waals surface area contributed by atoms with Crippen LogP contribution in [-0.2, 0) is 5.60 Å². The van der Waals surface area contributed by atoms with Gasteiger partial charge in [0.1, 0.15) is 5.60 Å². The molecule has 2 heteroatoms. The molecule has 2 fully saturated rings. The Morgan fingerprint density at radius 1 is 1.24 bits per heavy atom. The molecule has 3 rings (SSSR count). The Balaban J connectivity index is 1.80. The molecule has 0 bridgehead atoms. The predicted molar refractivity (Wildman–Crippen MR) is 68.7 cm³/mol. The molecule has 2 nitrogen and oxygen atoms in total. The van der Waals surface area contributed by atoms with Crippen molar-refractivity contribution >= 4 is 0 Å². The molecule has 4 atom stereocenters. The third kappa shape index (κ3) is 1.90. The van der Waals surface area contributed by atoms with Gasteiger partial charge in [0.25, 0.3) is 0 Å².